The average molecular weight is 229 g/mol. The van der Waals surface area contributed by atoms with Crippen LogP contribution in [0.1, 0.15) is 28.1 Å². The van der Waals surface area contributed by atoms with Gasteiger partial charge in [0, 0.05) is 17.8 Å². The Labute approximate surface area is 102 Å². The molecule has 0 unspecified atom stereocenters. The van der Waals surface area contributed by atoms with Gasteiger partial charge in [0.05, 0.1) is 12.2 Å². The van der Waals surface area contributed by atoms with Gasteiger partial charge in [0.15, 0.2) is 0 Å². The minimum atomic E-state index is 0.561. The molecule has 3 heteroatoms. The molecule has 0 fully saturated rings. The fraction of sp³-hybridized carbons (Fsp3) is 0.357. The van der Waals surface area contributed by atoms with Crippen molar-refractivity contribution < 1.29 is 0 Å². The molecule has 2 rings (SSSR count). The highest BCUT2D eigenvalue weighted by molar-refractivity contribution is 5.27. The summed E-state index contributed by atoms with van der Waals surface area (Å²) >= 11 is 0. The molecule has 1 aromatic carbocycles. The maximum atomic E-state index is 5.73. The van der Waals surface area contributed by atoms with E-state index in [1.165, 1.54) is 16.8 Å². The van der Waals surface area contributed by atoms with Gasteiger partial charge in [-0.25, -0.2) is 0 Å². The zero-order valence-electron chi connectivity index (χ0n) is 10.7. The lowest BCUT2D eigenvalue weighted by Crippen LogP contribution is -2.05. The van der Waals surface area contributed by atoms with Gasteiger partial charge < -0.3 is 5.73 Å². The standard InChI is InChI=1S/C14H19N3/c1-10-5-4-6-13(7-10)9-17-12(3)14(8-15)11(2)16-17/h4-7H,8-9,15H2,1-3H3. The van der Waals surface area contributed by atoms with E-state index in [9.17, 15) is 0 Å². The van der Waals surface area contributed by atoms with Gasteiger partial charge in [-0.15, -0.1) is 0 Å². The Morgan fingerprint density at radius 3 is 2.59 bits per heavy atom. The minimum Gasteiger partial charge on any atom is -0.326 e. The Hall–Kier alpha value is -1.61. The second-order valence-electron chi connectivity index (χ2n) is 4.50. The smallest absolute Gasteiger partial charge is 0.0662 e. The molecular formula is C14H19N3. The molecule has 2 aromatic rings. The Bertz CT molecular complexity index is 526. The number of aromatic nitrogens is 2. The van der Waals surface area contributed by atoms with Crippen molar-refractivity contribution in [3.63, 3.8) is 0 Å². The molecule has 0 saturated heterocycles. The van der Waals surface area contributed by atoms with Gasteiger partial charge in [0.25, 0.3) is 0 Å². The Morgan fingerprint density at radius 1 is 1.24 bits per heavy atom. The first kappa shape index (κ1) is 11.9. The summed E-state index contributed by atoms with van der Waals surface area (Å²) in [4.78, 5) is 0. The van der Waals surface area contributed by atoms with Crippen LogP contribution in [0.3, 0.4) is 0 Å². The van der Waals surface area contributed by atoms with Crippen molar-refractivity contribution in [2.24, 2.45) is 5.73 Å². The summed E-state index contributed by atoms with van der Waals surface area (Å²) in [5.74, 6) is 0. The molecule has 1 aromatic heterocycles. The first-order chi connectivity index (χ1) is 8.11. The van der Waals surface area contributed by atoms with E-state index in [4.69, 9.17) is 5.73 Å². The van der Waals surface area contributed by atoms with E-state index in [-0.39, 0.29) is 0 Å². The van der Waals surface area contributed by atoms with E-state index < -0.39 is 0 Å². The summed E-state index contributed by atoms with van der Waals surface area (Å²) in [7, 11) is 0. The van der Waals surface area contributed by atoms with Crippen molar-refractivity contribution in [1.29, 1.82) is 0 Å². The zero-order chi connectivity index (χ0) is 12.4. The lowest BCUT2D eigenvalue weighted by atomic mass is 10.1. The van der Waals surface area contributed by atoms with Gasteiger partial charge in [0.2, 0.25) is 0 Å². The number of nitrogens with zero attached hydrogens (tertiary/aromatic N) is 2. The lowest BCUT2D eigenvalue weighted by Gasteiger charge is -2.06. The minimum absolute atomic E-state index is 0.561. The van der Waals surface area contributed by atoms with Crippen molar-refractivity contribution in [3.05, 3.63) is 52.3 Å². The number of rotatable bonds is 3. The summed E-state index contributed by atoms with van der Waals surface area (Å²) in [6, 6.07) is 8.51. The van der Waals surface area contributed by atoms with E-state index in [0.717, 1.165) is 17.8 Å². The van der Waals surface area contributed by atoms with Crippen LogP contribution in [-0.4, -0.2) is 9.78 Å². The molecule has 0 aliphatic rings. The van der Waals surface area contributed by atoms with Crippen LogP contribution in [0.5, 0.6) is 0 Å². The largest absolute Gasteiger partial charge is 0.326 e. The molecule has 0 saturated carbocycles. The lowest BCUT2D eigenvalue weighted by molar-refractivity contribution is 0.657. The molecule has 0 aliphatic heterocycles. The van der Waals surface area contributed by atoms with Crippen LogP contribution in [0.25, 0.3) is 0 Å². The maximum absolute atomic E-state index is 5.73. The molecule has 3 nitrogen and oxygen atoms in total. The van der Waals surface area contributed by atoms with E-state index >= 15 is 0 Å². The van der Waals surface area contributed by atoms with Crippen LogP contribution < -0.4 is 5.73 Å². The summed E-state index contributed by atoms with van der Waals surface area (Å²) in [6.45, 7) is 7.58. The third kappa shape index (κ3) is 2.39. The average Bonchev–Trinajstić information content (AvgIpc) is 2.54. The summed E-state index contributed by atoms with van der Waals surface area (Å²) < 4.78 is 2.03. The van der Waals surface area contributed by atoms with E-state index in [1.807, 2.05) is 11.6 Å². The Balaban J connectivity index is 2.30. The molecular weight excluding hydrogens is 210 g/mol. The molecule has 90 valence electrons. The fourth-order valence-electron chi connectivity index (χ4n) is 2.17. The molecule has 0 amide bonds. The van der Waals surface area contributed by atoms with Crippen LogP contribution in [0.15, 0.2) is 24.3 Å². The summed E-state index contributed by atoms with van der Waals surface area (Å²) in [5, 5.41) is 4.54. The topological polar surface area (TPSA) is 43.8 Å². The first-order valence-corrected chi connectivity index (χ1v) is 5.90. The second-order valence-corrected chi connectivity index (χ2v) is 4.50. The van der Waals surface area contributed by atoms with Gasteiger partial charge in [-0.05, 0) is 26.3 Å². The van der Waals surface area contributed by atoms with Gasteiger partial charge in [-0.3, -0.25) is 4.68 Å². The number of benzene rings is 1. The molecule has 0 atom stereocenters. The van der Waals surface area contributed by atoms with Crippen LogP contribution in [0.4, 0.5) is 0 Å². The third-order valence-corrected chi connectivity index (χ3v) is 3.15. The number of hydrogen-bond acceptors (Lipinski definition) is 2. The van der Waals surface area contributed by atoms with Crippen LogP contribution >= 0.6 is 0 Å². The highest BCUT2D eigenvalue weighted by atomic mass is 15.3. The van der Waals surface area contributed by atoms with E-state index in [1.54, 1.807) is 0 Å². The Morgan fingerprint density at radius 2 is 2.00 bits per heavy atom. The normalized spacial score (nSPS) is 10.8. The van der Waals surface area contributed by atoms with E-state index in [0.29, 0.717) is 6.54 Å². The van der Waals surface area contributed by atoms with Crippen molar-refractivity contribution in [1.82, 2.24) is 9.78 Å². The van der Waals surface area contributed by atoms with Crippen molar-refractivity contribution in [3.8, 4) is 0 Å². The SMILES string of the molecule is Cc1cccc(Cn2nc(C)c(CN)c2C)c1. The quantitative estimate of drug-likeness (QED) is 0.877. The van der Waals surface area contributed by atoms with Gasteiger partial charge >= 0.3 is 0 Å². The highest BCUT2D eigenvalue weighted by Crippen LogP contribution is 2.14. The molecule has 0 aliphatic carbocycles. The number of hydrogen-bond donors (Lipinski definition) is 1. The molecule has 1 heterocycles. The molecule has 0 radical (unpaired) electrons. The molecule has 0 spiro atoms. The van der Waals surface area contributed by atoms with Gasteiger partial charge in [0.1, 0.15) is 0 Å². The molecule has 17 heavy (non-hydrogen) atoms. The van der Waals surface area contributed by atoms with E-state index in [2.05, 4.69) is 43.2 Å². The number of aryl methyl sites for hydroxylation is 2. The first-order valence-electron chi connectivity index (χ1n) is 5.90. The van der Waals surface area contributed by atoms with Crippen molar-refractivity contribution in [2.75, 3.05) is 0 Å². The van der Waals surface area contributed by atoms with Gasteiger partial charge in [-0.2, -0.15) is 5.10 Å². The monoisotopic (exact) mass is 229 g/mol. The van der Waals surface area contributed by atoms with Crippen molar-refractivity contribution >= 4 is 0 Å². The third-order valence-electron chi connectivity index (χ3n) is 3.15. The predicted molar refractivity (Wildman–Crippen MR) is 69.9 cm³/mol. The summed E-state index contributed by atoms with van der Waals surface area (Å²) in [5.41, 5.74) is 11.7. The Kier molecular flexibility index (Phi) is 3.29. The van der Waals surface area contributed by atoms with Crippen LogP contribution in [0.2, 0.25) is 0 Å². The second kappa shape index (κ2) is 4.72. The number of nitrogens with two attached hydrogens (primary N) is 1. The molecule has 0 bridgehead atoms. The molecule has 2 N–H and O–H groups in total. The maximum Gasteiger partial charge on any atom is 0.0662 e. The summed E-state index contributed by atoms with van der Waals surface area (Å²) in [6.07, 6.45) is 0. The zero-order valence-corrected chi connectivity index (χ0v) is 10.7. The van der Waals surface area contributed by atoms with Crippen LogP contribution in [0, 0.1) is 20.8 Å². The fourth-order valence-corrected chi connectivity index (χ4v) is 2.17. The predicted octanol–water partition coefficient (Wildman–Crippen LogP) is 2.32. The van der Waals surface area contributed by atoms with Gasteiger partial charge in [-0.1, -0.05) is 29.8 Å². The van der Waals surface area contributed by atoms with Crippen LogP contribution in [-0.2, 0) is 13.1 Å². The highest BCUT2D eigenvalue weighted by Gasteiger charge is 2.09. The van der Waals surface area contributed by atoms with Crippen molar-refractivity contribution in [2.45, 2.75) is 33.9 Å².